The summed E-state index contributed by atoms with van der Waals surface area (Å²) in [5, 5.41) is 0. The third kappa shape index (κ3) is 1.58. The van der Waals surface area contributed by atoms with Crippen LogP contribution in [0.4, 0.5) is 0 Å². The van der Waals surface area contributed by atoms with Crippen molar-refractivity contribution in [2.75, 3.05) is 0 Å². The van der Waals surface area contributed by atoms with Crippen LogP contribution in [0.3, 0.4) is 0 Å². The maximum atomic E-state index is 11.4. The van der Waals surface area contributed by atoms with Gasteiger partial charge in [-0.1, -0.05) is 13.5 Å². The second-order valence-electron chi connectivity index (χ2n) is 4.94. The zero-order valence-electron chi connectivity index (χ0n) is 8.95. The van der Waals surface area contributed by atoms with Crippen molar-refractivity contribution in [3.63, 3.8) is 0 Å². The van der Waals surface area contributed by atoms with Crippen LogP contribution in [-0.2, 0) is 9.53 Å². The first-order valence-corrected chi connectivity index (χ1v) is 5.44. The van der Waals surface area contributed by atoms with Crippen molar-refractivity contribution in [1.82, 2.24) is 0 Å². The molecule has 78 valence electrons. The molecule has 0 heterocycles. The first-order chi connectivity index (χ1) is 6.58. The number of esters is 1. The largest absolute Gasteiger partial charge is 0.459 e. The van der Waals surface area contributed by atoms with Crippen molar-refractivity contribution in [1.29, 1.82) is 0 Å². The van der Waals surface area contributed by atoms with Crippen molar-refractivity contribution in [2.45, 2.75) is 39.2 Å². The molecule has 4 atom stereocenters. The zero-order valence-corrected chi connectivity index (χ0v) is 8.95. The average Bonchev–Trinajstić information content (AvgIpc) is 2.61. The fourth-order valence-electron chi connectivity index (χ4n) is 3.00. The third-order valence-corrected chi connectivity index (χ3v) is 3.69. The minimum atomic E-state index is -0.213. The molecule has 0 amide bonds. The summed E-state index contributed by atoms with van der Waals surface area (Å²) in [5.74, 6) is 1.94. The van der Waals surface area contributed by atoms with Gasteiger partial charge in [0.15, 0.2) is 0 Å². The summed E-state index contributed by atoms with van der Waals surface area (Å²) in [6, 6.07) is 0. The molecule has 2 aliphatic carbocycles. The fraction of sp³-hybridized carbons (Fsp3) is 0.750. The lowest BCUT2D eigenvalue weighted by Crippen LogP contribution is -2.28. The highest BCUT2D eigenvalue weighted by atomic mass is 16.5. The summed E-state index contributed by atoms with van der Waals surface area (Å²) in [6.07, 6.45) is 3.84. The molecule has 2 heteroatoms. The predicted molar refractivity (Wildman–Crippen MR) is 54.7 cm³/mol. The van der Waals surface area contributed by atoms with Crippen molar-refractivity contribution in [3.8, 4) is 0 Å². The van der Waals surface area contributed by atoms with Crippen LogP contribution >= 0.6 is 0 Å². The molecule has 0 aliphatic heterocycles. The van der Waals surface area contributed by atoms with E-state index >= 15 is 0 Å². The Balaban J connectivity index is 1.95. The van der Waals surface area contributed by atoms with Gasteiger partial charge in [0.25, 0.3) is 0 Å². The molecule has 2 saturated carbocycles. The summed E-state index contributed by atoms with van der Waals surface area (Å²) >= 11 is 0. The summed E-state index contributed by atoms with van der Waals surface area (Å²) in [6.45, 7) is 7.58. The molecule has 2 rings (SSSR count). The Morgan fingerprint density at radius 2 is 2.07 bits per heavy atom. The first kappa shape index (κ1) is 9.75. The van der Waals surface area contributed by atoms with E-state index < -0.39 is 0 Å². The molecule has 2 aliphatic rings. The molecule has 14 heavy (non-hydrogen) atoms. The average molecular weight is 194 g/mol. The molecule has 0 spiro atoms. The lowest BCUT2D eigenvalue weighted by molar-refractivity contribution is -0.147. The molecule has 0 radical (unpaired) electrons. The standard InChI is InChI=1S/C12H18O2/c1-7(2)12(13)14-11-6-9-4-8(3)10(11)5-9/h8-11H,1,4-6H2,2-3H3. The van der Waals surface area contributed by atoms with E-state index in [2.05, 4.69) is 13.5 Å². The Morgan fingerprint density at radius 3 is 2.57 bits per heavy atom. The van der Waals surface area contributed by atoms with Gasteiger partial charge in [-0.05, 0) is 43.9 Å². The highest BCUT2D eigenvalue weighted by molar-refractivity contribution is 5.87. The SMILES string of the molecule is C=C(C)C(=O)OC1CC2CC(C)C1C2. The van der Waals surface area contributed by atoms with E-state index in [1.165, 1.54) is 12.8 Å². The van der Waals surface area contributed by atoms with Crippen LogP contribution in [0, 0.1) is 17.8 Å². The second kappa shape index (κ2) is 3.41. The van der Waals surface area contributed by atoms with Gasteiger partial charge in [-0.3, -0.25) is 0 Å². The van der Waals surface area contributed by atoms with Gasteiger partial charge in [0.05, 0.1) is 0 Å². The van der Waals surface area contributed by atoms with Crippen LogP contribution in [-0.4, -0.2) is 12.1 Å². The molecule has 0 N–H and O–H groups in total. The Labute approximate surface area is 85.3 Å². The number of hydrogen-bond acceptors (Lipinski definition) is 2. The highest BCUT2D eigenvalue weighted by Crippen LogP contribution is 2.49. The number of carbonyl (C=O) groups excluding carboxylic acids is 1. The van der Waals surface area contributed by atoms with E-state index in [0.29, 0.717) is 11.5 Å². The monoisotopic (exact) mass is 194 g/mol. The lowest BCUT2D eigenvalue weighted by atomic mass is 9.88. The fourth-order valence-corrected chi connectivity index (χ4v) is 3.00. The van der Waals surface area contributed by atoms with Gasteiger partial charge < -0.3 is 4.74 Å². The van der Waals surface area contributed by atoms with Gasteiger partial charge in [0, 0.05) is 5.57 Å². The van der Waals surface area contributed by atoms with Crippen LogP contribution < -0.4 is 0 Å². The number of ether oxygens (including phenoxy) is 1. The Kier molecular flexibility index (Phi) is 2.38. The molecular formula is C12H18O2. The van der Waals surface area contributed by atoms with Crippen molar-refractivity contribution in [2.24, 2.45) is 17.8 Å². The van der Waals surface area contributed by atoms with E-state index in [9.17, 15) is 4.79 Å². The third-order valence-electron chi connectivity index (χ3n) is 3.69. The second-order valence-corrected chi connectivity index (χ2v) is 4.94. The Morgan fingerprint density at radius 1 is 1.36 bits per heavy atom. The highest BCUT2D eigenvalue weighted by Gasteiger charge is 2.45. The van der Waals surface area contributed by atoms with Crippen LogP contribution in [0.15, 0.2) is 12.2 Å². The quantitative estimate of drug-likeness (QED) is 0.499. The van der Waals surface area contributed by atoms with Crippen LogP contribution in [0.25, 0.3) is 0 Å². The number of rotatable bonds is 2. The first-order valence-electron chi connectivity index (χ1n) is 5.44. The van der Waals surface area contributed by atoms with E-state index in [4.69, 9.17) is 4.74 Å². The van der Waals surface area contributed by atoms with Crippen molar-refractivity contribution < 1.29 is 9.53 Å². The maximum Gasteiger partial charge on any atom is 0.333 e. The van der Waals surface area contributed by atoms with E-state index in [1.807, 2.05) is 0 Å². The van der Waals surface area contributed by atoms with Gasteiger partial charge in [0.2, 0.25) is 0 Å². The molecule has 2 nitrogen and oxygen atoms in total. The molecule has 0 saturated heterocycles. The summed E-state index contributed by atoms with van der Waals surface area (Å²) in [5.41, 5.74) is 0.514. The Hall–Kier alpha value is -0.790. The molecule has 4 unspecified atom stereocenters. The number of hydrogen-bond donors (Lipinski definition) is 0. The molecule has 0 aromatic carbocycles. The van der Waals surface area contributed by atoms with Crippen LogP contribution in [0.2, 0.25) is 0 Å². The topological polar surface area (TPSA) is 26.3 Å². The minimum Gasteiger partial charge on any atom is -0.459 e. The summed E-state index contributed by atoms with van der Waals surface area (Å²) in [7, 11) is 0. The predicted octanol–water partition coefficient (Wildman–Crippen LogP) is 2.54. The normalized spacial score (nSPS) is 39.9. The van der Waals surface area contributed by atoms with Crippen molar-refractivity contribution >= 4 is 5.97 Å². The molecule has 2 bridgehead atoms. The van der Waals surface area contributed by atoms with Gasteiger partial charge in [0.1, 0.15) is 6.10 Å². The molecule has 2 fully saturated rings. The minimum absolute atomic E-state index is 0.174. The summed E-state index contributed by atoms with van der Waals surface area (Å²) in [4.78, 5) is 11.4. The number of fused-ring (bicyclic) bond motifs is 2. The molecule has 0 aromatic rings. The molecule has 0 aromatic heterocycles. The van der Waals surface area contributed by atoms with Gasteiger partial charge >= 0.3 is 5.97 Å². The summed E-state index contributed by atoms with van der Waals surface area (Å²) < 4.78 is 5.44. The maximum absolute atomic E-state index is 11.4. The van der Waals surface area contributed by atoms with E-state index in [0.717, 1.165) is 18.3 Å². The number of carbonyl (C=O) groups is 1. The van der Waals surface area contributed by atoms with Gasteiger partial charge in [-0.2, -0.15) is 0 Å². The van der Waals surface area contributed by atoms with Crippen molar-refractivity contribution in [3.05, 3.63) is 12.2 Å². The van der Waals surface area contributed by atoms with Crippen LogP contribution in [0.1, 0.15) is 33.1 Å². The molecular weight excluding hydrogens is 176 g/mol. The van der Waals surface area contributed by atoms with E-state index in [1.54, 1.807) is 6.92 Å². The Bertz CT molecular complexity index is 269. The van der Waals surface area contributed by atoms with E-state index in [-0.39, 0.29) is 12.1 Å². The van der Waals surface area contributed by atoms with Gasteiger partial charge in [-0.25, -0.2) is 4.79 Å². The zero-order chi connectivity index (χ0) is 10.3. The smallest absolute Gasteiger partial charge is 0.333 e. The lowest BCUT2D eigenvalue weighted by Gasteiger charge is -2.26. The van der Waals surface area contributed by atoms with Gasteiger partial charge in [-0.15, -0.1) is 0 Å². The van der Waals surface area contributed by atoms with Crippen LogP contribution in [0.5, 0.6) is 0 Å².